The first kappa shape index (κ1) is 20.5. The third-order valence-electron chi connectivity index (χ3n) is 4.35. The van der Waals surface area contributed by atoms with E-state index in [-0.39, 0.29) is 12.3 Å². The Kier molecular flexibility index (Phi) is 7.37. The molecule has 0 saturated carbocycles. The lowest BCUT2D eigenvalue weighted by molar-refractivity contribution is -0.142. The maximum absolute atomic E-state index is 12.7. The standard InChI is InChI=1S/C21H25NO5/c1-21(26-2,17-7-4-3-5-8-17)20(25)22-15-16-10-12-18(13-11-16)27-14-6-9-19(23)24/h3-5,7-8,10-13H,6,9,14-15H2,1-2H3,(H,22,25)(H,23,24). The van der Waals surface area contributed by atoms with Crippen LogP contribution in [0.3, 0.4) is 0 Å². The fraction of sp³-hybridized carbons (Fsp3) is 0.333. The van der Waals surface area contributed by atoms with Gasteiger partial charge in [-0.25, -0.2) is 0 Å². The molecule has 0 aromatic heterocycles. The zero-order valence-corrected chi connectivity index (χ0v) is 15.6. The second kappa shape index (κ2) is 9.73. The van der Waals surface area contributed by atoms with Gasteiger partial charge in [0, 0.05) is 20.1 Å². The summed E-state index contributed by atoms with van der Waals surface area (Å²) in [6, 6.07) is 16.7. The van der Waals surface area contributed by atoms with Crippen molar-refractivity contribution in [1.29, 1.82) is 0 Å². The van der Waals surface area contributed by atoms with E-state index >= 15 is 0 Å². The van der Waals surface area contributed by atoms with Crippen LogP contribution in [0, 0.1) is 0 Å². The van der Waals surface area contributed by atoms with E-state index in [2.05, 4.69) is 5.32 Å². The number of ether oxygens (including phenoxy) is 2. The van der Waals surface area contributed by atoms with Crippen molar-refractivity contribution in [3.63, 3.8) is 0 Å². The largest absolute Gasteiger partial charge is 0.494 e. The molecule has 0 heterocycles. The van der Waals surface area contributed by atoms with E-state index in [1.165, 1.54) is 7.11 Å². The normalized spacial score (nSPS) is 12.8. The van der Waals surface area contributed by atoms with Crippen LogP contribution < -0.4 is 10.1 Å². The molecule has 0 fully saturated rings. The van der Waals surface area contributed by atoms with Crippen molar-refractivity contribution in [2.45, 2.75) is 31.9 Å². The molecule has 2 N–H and O–H groups in total. The van der Waals surface area contributed by atoms with E-state index < -0.39 is 11.6 Å². The van der Waals surface area contributed by atoms with Crippen molar-refractivity contribution in [3.8, 4) is 5.75 Å². The topological polar surface area (TPSA) is 84.9 Å². The molecular weight excluding hydrogens is 346 g/mol. The molecule has 2 rings (SSSR count). The van der Waals surface area contributed by atoms with E-state index in [0.29, 0.717) is 25.3 Å². The summed E-state index contributed by atoms with van der Waals surface area (Å²) in [5, 5.41) is 11.5. The number of aliphatic carboxylic acids is 1. The van der Waals surface area contributed by atoms with E-state index in [0.717, 1.165) is 11.1 Å². The number of carboxylic acids is 1. The molecule has 0 aliphatic heterocycles. The lowest BCUT2D eigenvalue weighted by atomic mass is 9.94. The second-order valence-corrected chi connectivity index (χ2v) is 6.28. The molecule has 0 bridgehead atoms. The number of methoxy groups -OCH3 is 1. The van der Waals surface area contributed by atoms with Crippen LogP contribution >= 0.6 is 0 Å². The predicted octanol–water partition coefficient (Wildman–Crippen LogP) is 3.11. The predicted molar refractivity (Wildman–Crippen MR) is 101 cm³/mol. The van der Waals surface area contributed by atoms with Crippen molar-refractivity contribution in [3.05, 3.63) is 65.7 Å². The Bertz CT molecular complexity index is 745. The zero-order chi connectivity index (χ0) is 19.7. The molecule has 0 radical (unpaired) electrons. The molecule has 1 atom stereocenters. The van der Waals surface area contributed by atoms with Gasteiger partial charge in [-0.15, -0.1) is 0 Å². The highest BCUT2D eigenvalue weighted by Crippen LogP contribution is 2.24. The van der Waals surface area contributed by atoms with Crippen molar-refractivity contribution in [2.24, 2.45) is 0 Å². The van der Waals surface area contributed by atoms with Gasteiger partial charge in [-0.3, -0.25) is 9.59 Å². The second-order valence-electron chi connectivity index (χ2n) is 6.28. The van der Waals surface area contributed by atoms with E-state index in [4.69, 9.17) is 14.6 Å². The first-order valence-corrected chi connectivity index (χ1v) is 8.78. The number of nitrogens with one attached hydrogen (secondary N) is 1. The number of carboxylic acid groups (broad SMARTS) is 1. The summed E-state index contributed by atoms with van der Waals surface area (Å²) in [4.78, 5) is 23.1. The molecule has 0 aliphatic carbocycles. The highest BCUT2D eigenvalue weighted by Gasteiger charge is 2.34. The molecule has 1 amide bonds. The summed E-state index contributed by atoms with van der Waals surface area (Å²) in [6.45, 7) is 2.46. The SMILES string of the molecule is COC(C)(C(=O)NCc1ccc(OCCCC(=O)O)cc1)c1ccccc1. The quantitative estimate of drug-likeness (QED) is 0.627. The summed E-state index contributed by atoms with van der Waals surface area (Å²) in [7, 11) is 1.52. The van der Waals surface area contributed by atoms with Crippen molar-refractivity contribution in [2.75, 3.05) is 13.7 Å². The smallest absolute Gasteiger partial charge is 0.303 e. The van der Waals surface area contributed by atoms with Crippen molar-refractivity contribution >= 4 is 11.9 Å². The molecule has 27 heavy (non-hydrogen) atoms. The minimum atomic E-state index is -1.06. The Hall–Kier alpha value is -2.86. The highest BCUT2D eigenvalue weighted by atomic mass is 16.5. The summed E-state index contributed by atoms with van der Waals surface area (Å²) in [5.41, 5.74) is 0.650. The molecule has 0 spiro atoms. The Morgan fingerprint density at radius 1 is 1.07 bits per heavy atom. The van der Waals surface area contributed by atoms with Gasteiger partial charge in [0.2, 0.25) is 0 Å². The Balaban J connectivity index is 1.88. The first-order chi connectivity index (χ1) is 13.0. The number of carbonyl (C=O) groups is 2. The Labute approximate surface area is 159 Å². The maximum Gasteiger partial charge on any atom is 0.303 e. The van der Waals surface area contributed by atoms with Gasteiger partial charge in [0.15, 0.2) is 5.60 Å². The summed E-state index contributed by atoms with van der Waals surface area (Å²) in [6.07, 6.45) is 0.548. The number of hydrogen-bond acceptors (Lipinski definition) is 4. The van der Waals surface area contributed by atoms with E-state index in [1.807, 2.05) is 42.5 Å². The number of carbonyl (C=O) groups excluding carboxylic acids is 1. The molecule has 0 aliphatic rings. The van der Waals surface area contributed by atoms with Crippen LogP contribution in [-0.4, -0.2) is 30.7 Å². The average Bonchev–Trinajstić information content (AvgIpc) is 2.70. The molecule has 2 aromatic rings. The van der Waals surface area contributed by atoms with Gasteiger partial charge in [-0.05, 0) is 36.6 Å². The zero-order valence-electron chi connectivity index (χ0n) is 15.6. The minimum absolute atomic E-state index is 0.0871. The maximum atomic E-state index is 12.7. The third kappa shape index (κ3) is 5.82. The van der Waals surface area contributed by atoms with Gasteiger partial charge in [-0.1, -0.05) is 42.5 Å². The fourth-order valence-corrected chi connectivity index (χ4v) is 2.57. The third-order valence-corrected chi connectivity index (χ3v) is 4.35. The molecule has 6 heteroatoms. The first-order valence-electron chi connectivity index (χ1n) is 8.78. The van der Waals surface area contributed by atoms with Crippen LogP contribution in [0.15, 0.2) is 54.6 Å². The minimum Gasteiger partial charge on any atom is -0.494 e. The van der Waals surface area contributed by atoms with E-state index in [9.17, 15) is 9.59 Å². The van der Waals surface area contributed by atoms with Gasteiger partial charge in [-0.2, -0.15) is 0 Å². The van der Waals surface area contributed by atoms with E-state index in [1.54, 1.807) is 19.1 Å². The number of benzene rings is 2. The summed E-state index contributed by atoms with van der Waals surface area (Å²) >= 11 is 0. The van der Waals surface area contributed by atoms with Crippen molar-refractivity contribution < 1.29 is 24.2 Å². The van der Waals surface area contributed by atoms with Crippen LogP contribution in [0.5, 0.6) is 5.75 Å². The average molecular weight is 371 g/mol. The monoisotopic (exact) mass is 371 g/mol. The molecule has 0 saturated heterocycles. The van der Waals surface area contributed by atoms with Crippen LogP contribution in [0.1, 0.15) is 30.9 Å². The van der Waals surface area contributed by atoms with Crippen LogP contribution in [0.4, 0.5) is 0 Å². The molecule has 1 unspecified atom stereocenters. The van der Waals surface area contributed by atoms with Gasteiger partial charge < -0.3 is 19.9 Å². The summed E-state index contributed by atoms with van der Waals surface area (Å²) in [5.74, 6) is -0.380. The van der Waals surface area contributed by atoms with Gasteiger partial charge in [0.1, 0.15) is 5.75 Å². The molecular formula is C21H25NO5. The number of amides is 1. The highest BCUT2D eigenvalue weighted by molar-refractivity contribution is 5.86. The molecule has 6 nitrogen and oxygen atoms in total. The Morgan fingerprint density at radius 2 is 1.74 bits per heavy atom. The van der Waals surface area contributed by atoms with Crippen LogP contribution in [0.25, 0.3) is 0 Å². The molecule has 2 aromatic carbocycles. The Morgan fingerprint density at radius 3 is 2.33 bits per heavy atom. The molecule has 144 valence electrons. The van der Waals surface area contributed by atoms with Crippen LogP contribution in [-0.2, 0) is 26.5 Å². The van der Waals surface area contributed by atoms with Crippen molar-refractivity contribution in [1.82, 2.24) is 5.32 Å². The summed E-state index contributed by atoms with van der Waals surface area (Å²) < 4.78 is 11.0. The lowest BCUT2D eigenvalue weighted by Crippen LogP contribution is -2.43. The van der Waals surface area contributed by atoms with Gasteiger partial charge in [0.25, 0.3) is 5.91 Å². The fourth-order valence-electron chi connectivity index (χ4n) is 2.57. The van der Waals surface area contributed by atoms with Gasteiger partial charge >= 0.3 is 5.97 Å². The number of rotatable bonds is 10. The lowest BCUT2D eigenvalue weighted by Gasteiger charge is -2.27. The van der Waals surface area contributed by atoms with Crippen LogP contribution in [0.2, 0.25) is 0 Å². The number of hydrogen-bond donors (Lipinski definition) is 2. The van der Waals surface area contributed by atoms with Gasteiger partial charge in [0.05, 0.1) is 6.61 Å².